The summed E-state index contributed by atoms with van der Waals surface area (Å²) in [4.78, 5) is 4.36. The Hall–Kier alpha value is -1.67. The van der Waals surface area contributed by atoms with Crippen molar-refractivity contribution in [2.45, 2.75) is 20.5 Å². The lowest BCUT2D eigenvalue weighted by Gasteiger charge is -2.06. The summed E-state index contributed by atoms with van der Waals surface area (Å²) in [7, 11) is 0. The summed E-state index contributed by atoms with van der Waals surface area (Å²) in [5.41, 5.74) is 5.26. The number of benzene rings is 1. The van der Waals surface area contributed by atoms with Gasteiger partial charge in [-0.15, -0.1) is 0 Å². The molecule has 0 spiro atoms. The van der Waals surface area contributed by atoms with Crippen molar-refractivity contribution < 1.29 is 5.11 Å². The van der Waals surface area contributed by atoms with Crippen molar-refractivity contribution in [2.75, 3.05) is 0 Å². The van der Waals surface area contributed by atoms with E-state index in [1.807, 2.05) is 25.1 Å². The lowest BCUT2D eigenvalue weighted by molar-refractivity contribution is 0.280. The molecule has 2 rings (SSSR count). The second-order valence-corrected chi connectivity index (χ2v) is 4.02. The van der Waals surface area contributed by atoms with E-state index in [1.54, 1.807) is 6.20 Å². The molecule has 16 heavy (non-hydrogen) atoms. The molecule has 0 unspecified atom stereocenters. The molecule has 2 nitrogen and oxygen atoms in total. The van der Waals surface area contributed by atoms with Gasteiger partial charge in [0.15, 0.2) is 0 Å². The summed E-state index contributed by atoms with van der Waals surface area (Å²) in [6.07, 6.45) is 1.74. The Kier molecular flexibility index (Phi) is 3.02. The van der Waals surface area contributed by atoms with Crippen molar-refractivity contribution in [3.63, 3.8) is 0 Å². The van der Waals surface area contributed by atoms with Crippen LogP contribution < -0.4 is 0 Å². The minimum Gasteiger partial charge on any atom is -0.392 e. The van der Waals surface area contributed by atoms with Crippen LogP contribution in [0.25, 0.3) is 11.3 Å². The van der Waals surface area contributed by atoms with Crippen LogP contribution in [-0.4, -0.2) is 10.1 Å². The van der Waals surface area contributed by atoms with E-state index in [1.165, 1.54) is 5.56 Å². The van der Waals surface area contributed by atoms with Crippen molar-refractivity contribution >= 4 is 0 Å². The monoisotopic (exact) mass is 213 g/mol. The molecule has 0 radical (unpaired) electrons. The van der Waals surface area contributed by atoms with Crippen molar-refractivity contribution in [3.8, 4) is 11.3 Å². The average molecular weight is 213 g/mol. The van der Waals surface area contributed by atoms with Crippen LogP contribution in [0.3, 0.4) is 0 Å². The Morgan fingerprint density at radius 1 is 1.19 bits per heavy atom. The first-order valence-corrected chi connectivity index (χ1v) is 5.34. The number of aliphatic hydroxyl groups excluding tert-OH is 1. The lowest BCUT2D eigenvalue weighted by atomic mass is 10.1. The second kappa shape index (κ2) is 4.45. The standard InChI is InChI=1S/C14H15NO/c1-10-4-3-5-12(6-10)14-7-11(2)13(9-16)8-15-14/h3-8,16H,9H2,1-2H3. The van der Waals surface area contributed by atoms with E-state index < -0.39 is 0 Å². The summed E-state index contributed by atoms with van der Waals surface area (Å²) in [6, 6.07) is 10.3. The zero-order valence-electron chi connectivity index (χ0n) is 9.57. The number of pyridine rings is 1. The highest BCUT2D eigenvalue weighted by atomic mass is 16.3. The van der Waals surface area contributed by atoms with Gasteiger partial charge in [0.2, 0.25) is 0 Å². The molecule has 0 bridgehead atoms. The molecule has 0 aliphatic carbocycles. The highest BCUT2D eigenvalue weighted by molar-refractivity contribution is 5.61. The molecule has 0 aliphatic heterocycles. The van der Waals surface area contributed by atoms with Crippen LogP contribution in [-0.2, 0) is 6.61 Å². The number of hydrogen-bond donors (Lipinski definition) is 1. The normalized spacial score (nSPS) is 10.4. The molecule has 1 heterocycles. The van der Waals surface area contributed by atoms with Crippen molar-refractivity contribution in [1.82, 2.24) is 4.98 Å². The van der Waals surface area contributed by atoms with Crippen LogP contribution in [0, 0.1) is 13.8 Å². The van der Waals surface area contributed by atoms with E-state index >= 15 is 0 Å². The maximum Gasteiger partial charge on any atom is 0.0704 e. The van der Waals surface area contributed by atoms with Crippen LogP contribution in [0.2, 0.25) is 0 Å². The Morgan fingerprint density at radius 2 is 2.00 bits per heavy atom. The SMILES string of the molecule is Cc1cccc(-c2cc(C)c(CO)cn2)c1. The molecule has 82 valence electrons. The van der Waals surface area contributed by atoms with Crippen LogP contribution in [0.5, 0.6) is 0 Å². The van der Waals surface area contributed by atoms with Crippen LogP contribution in [0.4, 0.5) is 0 Å². The van der Waals surface area contributed by atoms with Crippen LogP contribution >= 0.6 is 0 Å². The van der Waals surface area contributed by atoms with Crippen molar-refractivity contribution in [1.29, 1.82) is 0 Å². The highest BCUT2D eigenvalue weighted by Gasteiger charge is 2.03. The van der Waals surface area contributed by atoms with Gasteiger partial charge in [0.1, 0.15) is 0 Å². The third-order valence-corrected chi connectivity index (χ3v) is 2.70. The van der Waals surface area contributed by atoms with E-state index in [0.29, 0.717) is 0 Å². The Balaban J connectivity index is 2.45. The molecule has 0 saturated carbocycles. The molecule has 1 aromatic heterocycles. The van der Waals surface area contributed by atoms with E-state index in [4.69, 9.17) is 5.11 Å². The molecule has 0 atom stereocenters. The molecule has 0 aliphatic rings. The maximum absolute atomic E-state index is 9.08. The number of nitrogens with zero attached hydrogens (tertiary/aromatic N) is 1. The maximum atomic E-state index is 9.08. The molecule has 0 saturated heterocycles. The zero-order chi connectivity index (χ0) is 11.5. The van der Waals surface area contributed by atoms with E-state index in [9.17, 15) is 0 Å². The molecule has 2 aromatic rings. The van der Waals surface area contributed by atoms with E-state index in [0.717, 1.165) is 22.4 Å². The fraction of sp³-hybridized carbons (Fsp3) is 0.214. The molecular formula is C14H15NO. The number of aryl methyl sites for hydroxylation is 2. The van der Waals surface area contributed by atoms with Gasteiger partial charge in [0.25, 0.3) is 0 Å². The van der Waals surface area contributed by atoms with Gasteiger partial charge >= 0.3 is 0 Å². The Bertz CT molecular complexity index is 506. The van der Waals surface area contributed by atoms with Gasteiger partial charge in [-0.3, -0.25) is 4.98 Å². The Morgan fingerprint density at radius 3 is 2.62 bits per heavy atom. The van der Waals surface area contributed by atoms with Crippen molar-refractivity contribution in [2.24, 2.45) is 0 Å². The summed E-state index contributed by atoms with van der Waals surface area (Å²) in [5.74, 6) is 0. The number of rotatable bonds is 2. The topological polar surface area (TPSA) is 33.1 Å². The molecule has 0 fully saturated rings. The van der Waals surface area contributed by atoms with Crippen LogP contribution in [0.1, 0.15) is 16.7 Å². The zero-order valence-corrected chi connectivity index (χ0v) is 9.57. The van der Waals surface area contributed by atoms with Gasteiger partial charge in [-0.25, -0.2) is 0 Å². The minimum atomic E-state index is 0.0485. The summed E-state index contributed by atoms with van der Waals surface area (Å²) >= 11 is 0. The highest BCUT2D eigenvalue weighted by Crippen LogP contribution is 2.20. The predicted molar refractivity (Wildman–Crippen MR) is 65.1 cm³/mol. The van der Waals surface area contributed by atoms with E-state index in [2.05, 4.69) is 24.0 Å². The minimum absolute atomic E-state index is 0.0485. The van der Waals surface area contributed by atoms with Crippen LogP contribution in [0.15, 0.2) is 36.5 Å². The lowest BCUT2D eigenvalue weighted by Crippen LogP contribution is -1.92. The van der Waals surface area contributed by atoms with Gasteiger partial charge in [-0.1, -0.05) is 23.8 Å². The third-order valence-electron chi connectivity index (χ3n) is 2.70. The molecule has 1 aromatic carbocycles. The number of hydrogen-bond acceptors (Lipinski definition) is 2. The summed E-state index contributed by atoms with van der Waals surface area (Å²) in [6.45, 7) is 4.11. The first kappa shape index (κ1) is 10.8. The molecule has 0 amide bonds. The fourth-order valence-electron chi connectivity index (χ4n) is 1.71. The van der Waals surface area contributed by atoms with Gasteiger partial charge in [0.05, 0.1) is 12.3 Å². The third kappa shape index (κ3) is 2.12. The molecular weight excluding hydrogens is 198 g/mol. The largest absolute Gasteiger partial charge is 0.392 e. The quantitative estimate of drug-likeness (QED) is 0.832. The van der Waals surface area contributed by atoms with Gasteiger partial charge in [-0.2, -0.15) is 0 Å². The number of aromatic nitrogens is 1. The smallest absolute Gasteiger partial charge is 0.0704 e. The van der Waals surface area contributed by atoms with Gasteiger partial charge in [0, 0.05) is 11.8 Å². The van der Waals surface area contributed by atoms with Crippen molar-refractivity contribution in [3.05, 3.63) is 53.2 Å². The Labute approximate surface area is 95.6 Å². The summed E-state index contributed by atoms with van der Waals surface area (Å²) < 4.78 is 0. The number of aliphatic hydroxyl groups is 1. The van der Waals surface area contributed by atoms with Gasteiger partial charge < -0.3 is 5.11 Å². The predicted octanol–water partition coefficient (Wildman–Crippen LogP) is 2.86. The molecule has 2 heteroatoms. The fourth-order valence-corrected chi connectivity index (χ4v) is 1.71. The average Bonchev–Trinajstić information content (AvgIpc) is 2.29. The summed E-state index contributed by atoms with van der Waals surface area (Å²) in [5, 5.41) is 9.08. The second-order valence-electron chi connectivity index (χ2n) is 4.02. The van der Waals surface area contributed by atoms with Gasteiger partial charge in [-0.05, 0) is 37.1 Å². The van der Waals surface area contributed by atoms with E-state index in [-0.39, 0.29) is 6.61 Å². The molecule has 1 N–H and O–H groups in total. The first-order valence-electron chi connectivity index (χ1n) is 5.34. The first-order chi connectivity index (χ1) is 7.70.